The van der Waals surface area contributed by atoms with Crippen LogP contribution in [0.2, 0.25) is 0 Å². The number of hydrogen-bond donors (Lipinski definition) is 1. The van der Waals surface area contributed by atoms with Gasteiger partial charge in [0, 0.05) is 12.6 Å². The lowest BCUT2D eigenvalue weighted by Gasteiger charge is -2.33. The second-order valence-electron chi connectivity index (χ2n) is 3.93. The lowest BCUT2D eigenvalue weighted by molar-refractivity contribution is 0.290. The van der Waals surface area contributed by atoms with Gasteiger partial charge in [-0.15, -0.1) is 10.2 Å². The van der Waals surface area contributed by atoms with Gasteiger partial charge in [-0.3, -0.25) is 0 Å². The Labute approximate surface area is 93.9 Å². The molecule has 1 fully saturated rings. The minimum atomic E-state index is 0.191. The quantitative estimate of drug-likeness (QED) is 0.850. The molecule has 1 saturated carbocycles. The van der Waals surface area contributed by atoms with Crippen molar-refractivity contribution < 1.29 is 5.11 Å². The fourth-order valence-electron chi connectivity index (χ4n) is 2.23. The Morgan fingerprint density at radius 1 is 1.40 bits per heavy atom. The molecular formula is C10H17N3OS. The van der Waals surface area contributed by atoms with Crippen molar-refractivity contribution in [1.29, 1.82) is 0 Å². The molecule has 0 radical (unpaired) electrons. The average Bonchev–Trinajstić information content (AvgIpc) is 2.80. The van der Waals surface area contributed by atoms with E-state index in [-0.39, 0.29) is 6.61 Å². The molecule has 5 heteroatoms. The molecule has 0 bridgehead atoms. The van der Waals surface area contributed by atoms with Crippen LogP contribution in [0, 0.1) is 0 Å². The summed E-state index contributed by atoms with van der Waals surface area (Å²) in [7, 11) is 0. The Bertz CT molecular complexity index is 272. The molecule has 1 aliphatic rings. The Morgan fingerprint density at radius 2 is 2.20 bits per heavy atom. The average molecular weight is 227 g/mol. The summed E-state index contributed by atoms with van der Waals surface area (Å²) in [5, 5.41) is 18.0. The van der Waals surface area contributed by atoms with E-state index in [1.807, 2.05) is 0 Å². The monoisotopic (exact) mass is 227 g/mol. The van der Waals surface area contributed by atoms with Crippen LogP contribution in [-0.2, 0) is 0 Å². The Hall–Kier alpha value is -0.680. The van der Waals surface area contributed by atoms with E-state index in [0.717, 1.165) is 5.13 Å². The van der Waals surface area contributed by atoms with Crippen molar-refractivity contribution in [1.82, 2.24) is 10.2 Å². The number of hydrogen-bond acceptors (Lipinski definition) is 5. The molecule has 1 N–H and O–H groups in total. The van der Waals surface area contributed by atoms with Crippen LogP contribution in [0.4, 0.5) is 5.13 Å². The highest BCUT2D eigenvalue weighted by molar-refractivity contribution is 7.13. The van der Waals surface area contributed by atoms with Crippen LogP contribution in [-0.4, -0.2) is 34.5 Å². The Balaban J connectivity index is 2.04. The number of aliphatic hydroxyl groups excluding tert-OH is 1. The molecule has 0 amide bonds. The SMILES string of the molecule is OCCN(c1nncs1)C1CCCCC1. The summed E-state index contributed by atoms with van der Waals surface area (Å²) in [6, 6.07) is 0.554. The van der Waals surface area contributed by atoms with Crippen LogP contribution in [0.3, 0.4) is 0 Å². The molecule has 0 unspecified atom stereocenters. The van der Waals surface area contributed by atoms with Crippen LogP contribution >= 0.6 is 11.3 Å². The summed E-state index contributed by atoms with van der Waals surface area (Å²) in [5.41, 5.74) is 1.75. The molecule has 84 valence electrons. The van der Waals surface area contributed by atoms with Crippen molar-refractivity contribution in [2.45, 2.75) is 38.1 Å². The molecule has 2 rings (SSSR count). The van der Waals surface area contributed by atoms with Gasteiger partial charge in [-0.1, -0.05) is 30.6 Å². The van der Waals surface area contributed by atoms with Gasteiger partial charge in [0.2, 0.25) is 5.13 Å². The second kappa shape index (κ2) is 5.42. The van der Waals surface area contributed by atoms with E-state index >= 15 is 0 Å². The Morgan fingerprint density at radius 3 is 2.80 bits per heavy atom. The van der Waals surface area contributed by atoms with Gasteiger partial charge in [-0.05, 0) is 12.8 Å². The zero-order valence-corrected chi connectivity index (χ0v) is 9.62. The van der Waals surface area contributed by atoms with Gasteiger partial charge >= 0.3 is 0 Å². The van der Waals surface area contributed by atoms with E-state index in [9.17, 15) is 0 Å². The molecule has 1 aromatic rings. The molecular weight excluding hydrogens is 210 g/mol. The fraction of sp³-hybridized carbons (Fsp3) is 0.800. The van der Waals surface area contributed by atoms with Gasteiger partial charge in [-0.25, -0.2) is 0 Å². The predicted octanol–water partition coefficient (Wildman–Crippen LogP) is 1.67. The minimum Gasteiger partial charge on any atom is -0.395 e. The molecule has 0 saturated heterocycles. The maximum atomic E-state index is 9.08. The van der Waals surface area contributed by atoms with Crippen molar-refractivity contribution in [3.05, 3.63) is 5.51 Å². The summed E-state index contributed by atoms with van der Waals surface area (Å²) in [5.74, 6) is 0. The van der Waals surface area contributed by atoms with Gasteiger partial charge in [0.15, 0.2) is 0 Å². The normalized spacial score (nSPS) is 17.9. The largest absolute Gasteiger partial charge is 0.395 e. The fourth-order valence-corrected chi connectivity index (χ4v) is 2.89. The third kappa shape index (κ3) is 2.66. The van der Waals surface area contributed by atoms with Gasteiger partial charge in [0.25, 0.3) is 0 Å². The Kier molecular flexibility index (Phi) is 3.91. The molecule has 4 nitrogen and oxygen atoms in total. The first kappa shape index (κ1) is 10.8. The van der Waals surface area contributed by atoms with Crippen LogP contribution in [0.5, 0.6) is 0 Å². The molecule has 1 aliphatic carbocycles. The zero-order chi connectivity index (χ0) is 10.5. The van der Waals surface area contributed by atoms with Gasteiger partial charge in [0.05, 0.1) is 6.61 Å². The summed E-state index contributed by atoms with van der Waals surface area (Å²) in [6.45, 7) is 0.871. The van der Waals surface area contributed by atoms with Crippen molar-refractivity contribution in [3.8, 4) is 0 Å². The molecule has 0 atom stereocenters. The second-order valence-corrected chi connectivity index (χ2v) is 4.74. The van der Waals surface area contributed by atoms with Crippen LogP contribution in [0.25, 0.3) is 0 Å². The van der Waals surface area contributed by atoms with Crippen molar-refractivity contribution in [2.24, 2.45) is 0 Å². The zero-order valence-electron chi connectivity index (χ0n) is 8.80. The number of nitrogens with zero attached hydrogens (tertiary/aromatic N) is 3. The molecule has 1 aromatic heterocycles. The lowest BCUT2D eigenvalue weighted by Crippen LogP contribution is -2.38. The highest BCUT2D eigenvalue weighted by Gasteiger charge is 2.22. The highest BCUT2D eigenvalue weighted by Crippen LogP contribution is 2.27. The first-order chi connectivity index (χ1) is 7.42. The molecule has 15 heavy (non-hydrogen) atoms. The summed E-state index contributed by atoms with van der Waals surface area (Å²) < 4.78 is 0. The van der Waals surface area contributed by atoms with E-state index in [1.54, 1.807) is 16.8 Å². The minimum absolute atomic E-state index is 0.191. The maximum Gasteiger partial charge on any atom is 0.208 e. The summed E-state index contributed by atoms with van der Waals surface area (Å²) in [4.78, 5) is 2.22. The number of aliphatic hydroxyl groups is 1. The number of anilines is 1. The van der Waals surface area contributed by atoms with Crippen LogP contribution in [0.1, 0.15) is 32.1 Å². The lowest BCUT2D eigenvalue weighted by atomic mass is 9.94. The van der Waals surface area contributed by atoms with Gasteiger partial charge in [-0.2, -0.15) is 0 Å². The number of aromatic nitrogens is 2. The van der Waals surface area contributed by atoms with Crippen LogP contribution < -0.4 is 4.90 Å². The predicted molar refractivity (Wildman–Crippen MR) is 61.2 cm³/mol. The van der Waals surface area contributed by atoms with E-state index in [4.69, 9.17) is 5.11 Å². The van der Waals surface area contributed by atoms with Crippen LogP contribution in [0.15, 0.2) is 5.51 Å². The third-order valence-corrected chi connectivity index (χ3v) is 3.68. The summed E-state index contributed by atoms with van der Waals surface area (Å²) in [6.07, 6.45) is 6.38. The maximum absolute atomic E-state index is 9.08. The topological polar surface area (TPSA) is 49.2 Å². The molecule has 0 aliphatic heterocycles. The van der Waals surface area contributed by atoms with E-state index < -0.39 is 0 Å². The van der Waals surface area contributed by atoms with Gasteiger partial charge < -0.3 is 10.0 Å². The molecule has 0 aromatic carbocycles. The van der Waals surface area contributed by atoms with Crippen molar-refractivity contribution in [2.75, 3.05) is 18.1 Å². The van der Waals surface area contributed by atoms with E-state index in [1.165, 1.54) is 32.1 Å². The molecule has 0 spiro atoms. The van der Waals surface area contributed by atoms with Gasteiger partial charge in [0.1, 0.15) is 5.51 Å². The summed E-state index contributed by atoms with van der Waals surface area (Å²) >= 11 is 1.56. The van der Waals surface area contributed by atoms with Crippen molar-refractivity contribution >= 4 is 16.5 Å². The standard InChI is InChI=1S/C10H17N3OS/c14-7-6-13(10-12-11-8-15-10)9-4-2-1-3-5-9/h8-9,14H,1-7H2. The number of rotatable bonds is 4. The highest BCUT2D eigenvalue weighted by atomic mass is 32.1. The first-order valence-electron chi connectivity index (χ1n) is 5.55. The van der Waals surface area contributed by atoms with E-state index in [0.29, 0.717) is 12.6 Å². The van der Waals surface area contributed by atoms with Crippen molar-refractivity contribution in [3.63, 3.8) is 0 Å². The molecule has 1 heterocycles. The smallest absolute Gasteiger partial charge is 0.208 e. The first-order valence-corrected chi connectivity index (χ1v) is 6.43. The van der Waals surface area contributed by atoms with E-state index in [2.05, 4.69) is 15.1 Å². The third-order valence-electron chi connectivity index (χ3n) is 2.95.